The van der Waals surface area contributed by atoms with E-state index in [2.05, 4.69) is 5.32 Å². The summed E-state index contributed by atoms with van der Waals surface area (Å²) in [4.78, 5) is 12.3. The number of rotatable bonds is 3. The number of nitrogens with one attached hydrogen (secondary N) is 1. The molecule has 4 atom stereocenters. The van der Waals surface area contributed by atoms with Crippen LogP contribution < -0.4 is 15.8 Å². The van der Waals surface area contributed by atoms with Crippen molar-refractivity contribution in [1.82, 2.24) is 5.32 Å². The van der Waals surface area contributed by atoms with E-state index in [0.29, 0.717) is 18.3 Å². The topological polar surface area (TPSA) is 93.8 Å². The highest BCUT2D eigenvalue weighted by Crippen LogP contribution is 2.37. The van der Waals surface area contributed by atoms with Gasteiger partial charge < -0.3 is 25.6 Å². The van der Waals surface area contributed by atoms with E-state index >= 15 is 0 Å². The lowest BCUT2D eigenvalue weighted by Crippen LogP contribution is -2.72. The van der Waals surface area contributed by atoms with Crippen LogP contribution in [0.4, 0.5) is 0 Å². The van der Waals surface area contributed by atoms with Crippen LogP contribution in [0.2, 0.25) is 0 Å². The Bertz CT molecular complexity index is 548. The van der Waals surface area contributed by atoms with E-state index in [1.54, 1.807) is 6.07 Å². The van der Waals surface area contributed by atoms with E-state index in [4.69, 9.17) is 15.2 Å². The van der Waals surface area contributed by atoms with Crippen molar-refractivity contribution in [2.24, 2.45) is 11.7 Å². The summed E-state index contributed by atoms with van der Waals surface area (Å²) >= 11 is 0. The van der Waals surface area contributed by atoms with Gasteiger partial charge in [0.05, 0.1) is 24.8 Å². The minimum absolute atomic E-state index is 0.00884. The van der Waals surface area contributed by atoms with E-state index in [9.17, 15) is 9.90 Å². The summed E-state index contributed by atoms with van der Waals surface area (Å²) in [6, 6.07) is 4.25. The maximum Gasteiger partial charge on any atom is 0.255 e. The molecule has 21 heavy (non-hydrogen) atoms. The first-order valence-corrected chi connectivity index (χ1v) is 7.17. The van der Waals surface area contributed by atoms with Crippen molar-refractivity contribution >= 4 is 5.91 Å². The molecule has 1 saturated carbocycles. The normalized spacial score (nSPS) is 31.0. The zero-order valence-electron chi connectivity index (χ0n) is 11.9. The smallest absolute Gasteiger partial charge is 0.255 e. The summed E-state index contributed by atoms with van der Waals surface area (Å²) in [7, 11) is 1.51. The second-order valence-electron chi connectivity index (χ2n) is 5.60. The van der Waals surface area contributed by atoms with Gasteiger partial charge in [-0.3, -0.25) is 4.79 Å². The molecule has 0 spiro atoms. The molecule has 1 amide bonds. The number of phenolic OH excluding ortho intramolecular Hbond substituents is 1. The largest absolute Gasteiger partial charge is 0.507 e. The van der Waals surface area contributed by atoms with E-state index in [-0.39, 0.29) is 35.4 Å². The number of methoxy groups -OCH3 is 1. The highest BCUT2D eigenvalue weighted by atomic mass is 16.5. The minimum Gasteiger partial charge on any atom is -0.507 e. The van der Waals surface area contributed by atoms with Gasteiger partial charge in [0.2, 0.25) is 0 Å². The summed E-state index contributed by atoms with van der Waals surface area (Å²) in [5.41, 5.74) is 6.30. The van der Waals surface area contributed by atoms with E-state index in [0.717, 1.165) is 12.8 Å². The van der Waals surface area contributed by atoms with Crippen LogP contribution in [0.5, 0.6) is 11.5 Å². The lowest BCUT2D eigenvalue weighted by atomic mass is 9.68. The Morgan fingerprint density at radius 2 is 2.33 bits per heavy atom. The molecular formula is C15H20N2O4. The van der Waals surface area contributed by atoms with E-state index < -0.39 is 0 Å². The third-order valence-electron chi connectivity index (χ3n) is 4.42. The average molecular weight is 292 g/mol. The van der Waals surface area contributed by atoms with Crippen LogP contribution in [0.3, 0.4) is 0 Å². The van der Waals surface area contributed by atoms with Gasteiger partial charge in [0.1, 0.15) is 11.5 Å². The Kier molecular flexibility index (Phi) is 3.73. The zero-order valence-corrected chi connectivity index (χ0v) is 11.9. The lowest BCUT2D eigenvalue weighted by Gasteiger charge is -2.52. The van der Waals surface area contributed by atoms with Crippen molar-refractivity contribution < 1.29 is 19.4 Å². The third kappa shape index (κ3) is 2.45. The molecular weight excluding hydrogens is 272 g/mol. The van der Waals surface area contributed by atoms with Crippen LogP contribution in [0.1, 0.15) is 23.2 Å². The first kappa shape index (κ1) is 14.2. The number of nitrogens with two attached hydrogens (primary N) is 1. The predicted molar refractivity (Wildman–Crippen MR) is 76.4 cm³/mol. The molecule has 0 bridgehead atoms. The Hall–Kier alpha value is -1.79. The van der Waals surface area contributed by atoms with Crippen molar-refractivity contribution in [3.05, 3.63) is 23.8 Å². The molecule has 1 aromatic carbocycles. The maximum absolute atomic E-state index is 12.3. The van der Waals surface area contributed by atoms with Crippen LogP contribution >= 0.6 is 0 Å². The monoisotopic (exact) mass is 292 g/mol. The van der Waals surface area contributed by atoms with Crippen molar-refractivity contribution in [2.75, 3.05) is 13.7 Å². The molecule has 6 heteroatoms. The minimum atomic E-state index is -0.362. The molecule has 0 radical (unpaired) electrons. The number of benzene rings is 1. The number of carbonyl (C=O) groups excluding carboxylic acids is 1. The van der Waals surface area contributed by atoms with Crippen LogP contribution in [-0.4, -0.2) is 42.9 Å². The van der Waals surface area contributed by atoms with Crippen LogP contribution in [0.25, 0.3) is 0 Å². The van der Waals surface area contributed by atoms with Gasteiger partial charge in [0.25, 0.3) is 5.91 Å². The van der Waals surface area contributed by atoms with E-state index in [1.807, 2.05) is 0 Å². The zero-order chi connectivity index (χ0) is 15.0. The van der Waals surface area contributed by atoms with Gasteiger partial charge in [-0.1, -0.05) is 0 Å². The highest BCUT2D eigenvalue weighted by Gasteiger charge is 2.51. The molecule has 0 aromatic heterocycles. The molecule has 6 nitrogen and oxygen atoms in total. The quantitative estimate of drug-likeness (QED) is 0.760. The van der Waals surface area contributed by atoms with Crippen molar-refractivity contribution in [3.8, 4) is 11.5 Å². The summed E-state index contributed by atoms with van der Waals surface area (Å²) in [5.74, 6) is 0.396. The summed E-state index contributed by atoms with van der Waals surface area (Å²) < 4.78 is 10.8. The molecule has 1 aliphatic carbocycles. The molecule has 4 N–H and O–H groups in total. The second kappa shape index (κ2) is 5.54. The Labute approximate surface area is 123 Å². The third-order valence-corrected chi connectivity index (χ3v) is 4.42. The molecule has 4 unspecified atom stereocenters. The number of hydrogen-bond acceptors (Lipinski definition) is 5. The number of amides is 1. The Morgan fingerprint density at radius 3 is 3.10 bits per heavy atom. The van der Waals surface area contributed by atoms with Gasteiger partial charge in [-0.15, -0.1) is 0 Å². The van der Waals surface area contributed by atoms with Gasteiger partial charge in [0, 0.05) is 18.6 Å². The molecule has 1 heterocycles. The second-order valence-corrected chi connectivity index (χ2v) is 5.60. The van der Waals surface area contributed by atoms with Crippen LogP contribution in [0, 0.1) is 5.92 Å². The predicted octanol–water partition coefficient (Wildman–Crippen LogP) is 0.635. The highest BCUT2D eigenvalue weighted by molar-refractivity contribution is 5.97. The number of aromatic hydroxyl groups is 1. The Balaban J connectivity index is 1.72. The fourth-order valence-corrected chi connectivity index (χ4v) is 3.18. The van der Waals surface area contributed by atoms with Gasteiger partial charge in [-0.2, -0.15) is 0 Å². The number of fused-ring (bicyclic) bond motifs is 1. The van der Waals surface area contributed by atoms with E-state index in [1.165, 1.54) is 19.2 Å². The summed E-state index contributed by atoms with van der Waals surface area (Å²) in [6.45, 7) is 0.713. The van der Waals surface area contributed by atoms with Crippen molar-refractivity contribution in [3.63, 3.8) is 0 Å². The fraction of sp³-hybridized carbons (Fsp3) is 0.533. The summed E-state index contributed by atoms with van der Waals surface area (Å²) in [6.07, 6.45) is 2.06. The average Bonchev–Trinajstić information content (AvgIpc) is 2.52. The van der Waals surface area contributed by atoms with Crippen LogP contribution in [0.15, 0.2) is 18.2 Å². The molecule has 2 aliphatic rings. The van der Waals surface area contributed by atoms with Gasteiger partial charge in [0.15, 0.2) is 0 Å². The van der Waals surface area contributed by atoms with Crippen molar-refractivity contribution in [1.29, 1.82) is 0 Å². The molecule has 1 aliphatic heterocycles. The molecule has 1 aromatic rings. The molecule has 2 fully saturated rings. The van der Waals surface area contributed by atoms with Gasteiger partial charge in [-0.25, -0.2) is 0 Å². The Morgan fingerprint density at radius 1 is 1.52 bits per heavy atom. The SMILES string of the molecule is COc1ccc(O)c(C(=O)NC2C(N)C3CCCOC32)c1. The van der Waals surface area contributed by atoms with Crippen LogP contribution in [-0.2, 0) is 4.74 Å². The first-order chi connectivity index (χ1) is 10.1. The number of phenols is 1. The molecule has 3 rings (SSSR count). The standard InChI is InChI=1S/C15H20N2O4/c1-20-8-4-5-11(18)10(7-8)15(19)17-13-12(16)9-3-2-6-21-14(9)13/h4-5,7,9,12-14,18H,2-3,6,16H2,1H3,(H,17,19). The fourth-order valence-electron chi connectivity index (χ4n) is 3.18. The molecule has 114 valence electrons. The number of carbonyl (C=O) groups is 1. The number of hydrogen-bond donors (Lipinski definition) is 3. The lowest BCUT2D eigenvalue weighted by molar-refractivity contribution is -0.117. The molecule has 1 saturated heterocycles. The van der Waals surface area contributed by atoms with Gasteiger partial charge >= 0.3 is 0 Å². The number of ether oxygens (including phenoxy) is 2. The van der Waals surface area contributed by atoms with Gasteiger partial charge in [-0.05, 0) is 31.0 Å². The summed E-state index contributed by atoms with van der Waals surface area (Å²) in [5, 5.41) is 12.7. The van der Waals surface area contributed by atoms with Crippen molar-refractivity contribution in [2.45, 2.75) is 31.0 Å². The first-order valence-electron chi connectivity index (χ1n) is 7.17. The maximum atomic E-state index is 12.3.